The molecular weight excluding hydrogens is 647 g/mol. The molecule has 8 heteroatoms. The van der Waals surface area contributed by atoms with Crippen molar-refractivity contribution in [3.05, 3.63) is 57.6 Å². The summed E-state index contributed by atoms with van der Waals surface area (Å²) in [5.41, 5.74) is 6.11. The van der Waals surface area contributed by atoms with Crippen LogP contribution in [0.2, 0.25) is 0 Å². The average Bonchev–Trinajstić information content (AvgIpc) is 3.36. The molecule has 52 heavy (non-hydrogen) atoms. The molecule has 8 nitrogen and oxygen atoms in total. The summed E-state index contributed by atoms with van der Waals surface area (Å²) in [7, 11) is 0. The summed E-state index contributed by atoms with van der Waals surface area (Å²) in [6, 6.07) is 8.32. The maximum atomic E-state index is 14.5. The number of ether oxygens (including phenoxy) is 2. The topological polar surface area (TPSA) is 60.4 Å². The van der Waals surface area contributed by atoms with E-state index in [-0.39, 0.29) is 34.1 Å². The largest absolute Gasteiger partial charge is 0.704 e. The molecule has 8 rings (SSSR count). The second kappa shape index (κ2) is 12.4. The summed E-state index contributed by atoms with van der Waals surface area (Å²) in [6.45, 7) is 25.3. The fraction of sp³-hybridized carbons (Fsp3) is 0.636. The van der Waals surface area contributed by atoms with Gasteiger partial charge in [-0.2, -0.15) is 0 Å². The SMILES string of the molecule is CC(C)(C)c1cc2c(c(C(=O)CCCN3CCCN4CCCN=C43)c1)OC13Oc4c(cc(C(C)(C)C)cc4C(C)(C)C)C=[N+]1C1CCCCC1[N+]3=C2. The van der Waals surface area contributed by atoms with Gasteiger partial charge in [0.25, 0.3) is 0 Å². The zero-order valence-corrected chi connectivity index (χ0v) is 33.3. The summed E-state index contributed by atoms with van der Waals surface area (Å²) in [6.07, 6.45) is 12.6. The van der Waals surface area contributed by atoms with Crippen LogP contribution in [0.3, 0.4) is 0 Å². The van der Waals surface area contributed by atoms with Crippen LogP contribution in [0.4, 0.5) is 0 Å². The van der Waals surface area contributed by atoms with Crippen molar-refractivity contribution < 1.29 is 23.4 Å². The predicted molar refractivity (Wildman–Crippen MR) is 208 cm³/mol. The Kier molecular flexibility index (Phi) is 8.46. The van der Waals surface area contributed by atoms with E-state index in [2.05, 4.69) is 118 Å². The molecule has 2 saturated heterocycles. The number of hydrogen-bond donors (Lipinski definition) is 0. The highest BCUT2D eigenvalue weighted by Crippen LogP contribution is 2.49. The van der Waals surface area contributed by atoms with Gasteiger partial charge in [0.1, 0.15) is 0 Å². The van der Waals surface area contributed by atoms with Crippen LogP contribution in [0.15, 0.2) is 29.3 Å². The molecule has 5 aliphatic heterocycles. The van der Waals surface area contributed by atoms with Crippen molar-refractivity contribution in [2.75, 3.05) is 32.7 Å². The molecule has 2 aromatic carbocycles. The van der Waals surface area contributed by atoms with Crippen molar-refractivity contribution in [2.45, 2.75) is 148 Å². The number of fused-ring (bicyclic) bond motifs is 6. The monoisotopic (exact) mass is 707 g/mol. The van der Waals surface area contributed by atoms with Crippen molar-refractivity contribution in [1.82, 2.24) is 9.80 Å². The Balaban J connectivity index is 1.20. The third-order valence-corrected chi connectivity index (χ3v) is 12.3. The molecule has 0 N–H and O–H groups in total. The summed E-state index contributed by atoms with van der Waals surface area (Å²) in [4.78, 5) is 24.2. The molecule has 5 heterocycles. The highest BCUT2D eigenvalue weighted by molar-refractivity contribution is 6.02. The third-order valence-electron chi connectivity index (χ3n) is 12.3. The Morgan fingerprint density at radius 3 is 2.00 bits per heavy atom. The lowest BCUT2D eigenvalue weighted by Crippen LogP contribution is -2.60. The van der Waals surface area contributed by atoms with E-state index >= 15 is 0 Å². The van der Waals surface area contributed by atoms with Crippen LogP contribution in [0.1, 0.15) is 152 Å². The van der Waals surface area contributed by atoms with Gasteiger partial charge >= 0.3 is 6.03 Å². The number of benzene rings is 2. The van der Waals surface area contributed by atoms with Crippen molar-refractivity contribution in [1.29, 1.82) is 0 Å². The van der Waals surface area contributed by atoms with Crippen LogP contribution in [-0.4, -0.2) is 94.0 Å². The number of carbonyl (C=O) groups excluding carboxylic acids is 1. The number of ketones is 1. The Morgan fingerprint density at radius 1 is 0.769 bits per heavy atom. The number of nitrogens with zero attached hydrogens (tertiary/aromatic N) is 5. The lowest BCUT2D eigenvalue weighted by atomic mass is 9.79. The van der Waals surface area contributed by atoms with E-state index in [1.165, 1.54) is 24.0 Å². The standard InChI is InChI=1S/C44H61N5O3/c1-41(2,3)31-23-29-27-48-35-15-10-11-16-36(35)49-28-30-24-32(42(4,5)6)26-34(43(7,8)9)39(30)52-44(48,49)51-38(29)33(25-31)37(50)17-12-19-46-21-14-22-47-20-13-18-45-40(46)47/h23-28,35-36H,10-22H2,1-9H3/q+2. The van der Waals surface area contributed by atoms with Crippen LogP contribution in [0.25, 0.3) is 0 Å². The molecule has 2 aromatic rings. The highest BCUT2D eigenvalue weighted by atomic mass is 16.7. The minimum absolute atomic E-state index is 0.00621. The fourth-order valence-corrected chi connectivity index (χ4v) is 9.28. The minimum Gasteiger partial charge on any atom is -0.343 e. The Hall–Kier alpha value is -3.68. The number of aliphatic imine (C=N–C) groups is 1. The summed E-state index contributed by atoms with van der Waals surface area (Å²) in [5, 5.41) is 0. The maximum Gasteiger partial charge on any atom is 0.704 e. The maximum absolute atomic E-state index is 14.5. The zero-order valence-electron chi connectivity index (χ0n) is 33.3. The van der Waals surface area contributed by atoms with E-state index < -0.39 is 6.03 Å². The summed E-state index contributed by atoms with van der Waals surface area (Å²) >= 11 is 0. The van der Waals surface area contributed by atoms with E-state index in [1.54, 1.807) is 0 Å². The van der Waals surface area contributed by atoms with Gasteiger partial charge in [-0.05, 0) is 77.7 Å². The van der Waals surface area contributed by atoms with Crippen molar-refractivity contribution >= 4 is 24.2 Å². The third kappa shape index (κ3) is 5.96. The van der Waals surface area contributed by atoms with Gasteiger partial charge in [-0.25, -0.2) is 0 Å². The first-order chi connectivity index (χ1) is 24.5. The number of carbonyl (C=O) groups is 1. The molecule has 3 fully saturated rings. The first-order valence-corrected chi connectivity index (χ1v) is 20.1. The molecule has 0 radical (unpaired) electrons. The van der Waals surface area contributed by atoms with E-state index in [1.807, 2.05) is 0 Å². The molecule has 3 unspecified atom stereocenters. The van der Waals surface area contributed by atoms with Gasteiger partial charge in [-0.1, -0.05) is 77.5 Å². The first-order valence-electron chi connectivity index (χ1n) is 20.1. The molecule has 6 aliphatic rings. The van der Waals surface area contributed by atoms with Gasteiger partial charge < -0.3 is 19.3 Å². The van der Waals surface area contributed by atoms with E-state index in [0.717, 1.165) is 93.2 Å². The second-order valence-electron chi connectivity index (χ2n) is 19.3. The predicted octanol–water partition coefficient (Wildman–Crippen LogP) is 7.59. The quantitative estimate of drug-likeness (QED) is 0.237. The molecule has 0 bridgehead atoms. The zero-order chi connectivity index (χ0) is 36.8. The molecule has 278 valence electrons. The van der Waals surface area contributed by atoms with Gasteiger partial charge in [0.2, 0.25) is 12.1 Å². The molecule has 0 aromatic heterocycles. The fourth-order valence-electron chi connectivity index (χ4n) is 9.28. The van der Waals surface area contributed by atoms with Crippen molar-refractivity contribution in [3.8, 4) is 11.5 Å². The lowest BCUT2D eigenvalue weighted by Gasteiger charge is -2.41. The molecule has 1 saturated carbocycles. The average molecular weight is 708 g/mol. The highest BCUT2D eigenvalue weighted by Gasteiger charge is 2.77. The van der Waals surface area contributed by atoms with Crippen LogP contribution in [-0.2, 0) is 16.2 Å². The minimum atomic E-state index is -1.20. The second-order valence-corrected chi connectivity index (χ2v) is 19.3. The van der Waals surface area contributed by atoms with Crippen LogP contribution < -0.4 is 9.47 Å². The van der Waals surface area contributed by atoms with Crippen molar-refractivity contribution in [3.63, 3.8) is 0 Å². The van der Waals surface area contributed by atoms with E-state index in [4.69, 9.17) is 14.5 Å². The summed E-state index contributed by atoms with van der Waals surface area (Å²) < 4.78 is 19.5. The van der Waals surface area contributed by atoms with Gasteiger partial charge in [0.15, 0.2) is 35.7 Å². The van der Waals surface area contributed by atoms with Gasteiger partial charge in [0.05, 0.1) is 16.7 Å². The molecule has 1 aliphatic carbocycles. The Morgan fingerprint density at radius 2 is 1.37 bits per heavy atom. The number of rotatable bonds is 5. The normalized spacial score (nSPS) is 25.2. The number of guanidine groups is 1. The van der Waals surface area contributed by atoms with Gasteiger partial charge in [-0.15, -0.1) is 0 Å². The lowest BCUT2D eigenvalue weighted by molar-refractivity contribution is -0.866. The van der Waals surface area contributed by atoms with E-state index in [9.17, 15) is 4.79 Å². The van der Waals surface area contributed by atoms with Gasteiger partial charge in [0, 0.05) is 57.5 Å². The van der Waals surface area contributed by atoms with Crippen LogP contribution >= 0.6 is 0 Å². The van der Waals surface area contributed by atoms with Crippen molar-refractivity contribution in [2.24, 2.45) is 4.99 Å². The van der Waals surface area contributed by atoms with Gasteiger partial charge in [-0.3, -0.25) is 9.79 Å². The number of hydrogen-bond acceptors (Lipinski definition) is 6. The molecular formula is C44H61N5O3+2. The molecule has 3 atom stereocenters. The number of Topliss-reactive ketones (excluding diaryl/α,β-unsaturated/α-hetero) is 1. The Bertz CT molecular complexity index is 1890. The summed E-state index contributed by atoms with van der Waals surface area (Å²) in [5.74, 6) is 2.80. The smallest absolute Gasteiger partial charge is 0.343 e. The molecule has 0 amide bonds. The first kappa shape index (κ1) is 35.4. The Labute approximate surface area is 311 Å². The van der Waals surface area contributed by atoms with Crippen LogP contribution in [0.5, 0.6) is 11.5 Å². The van der Waals surface area contributed by atoms with E-state index in [0.29, 0.717) is 17.7 Å². The molecule has 1 spiro atoms. The van der Waals surface area contributed by atoms with Crippen LogP contribution in [0, 0.1) is 0 Å².